The van der Waals surface area contributed by atoms with Crippen molar-refractivity contribution in [3.05, 3.63) is 46.8 Å². The Morgan fingerprint density at radius 2 is 1.87 bits per heavy atom. The summed E-state index contributed by atoms with van der Waals surface area (Å²) in [6, 6.07) is 7.66. The molecule has 23 heavy (non-hydrogen) atoms. The number of benzene rings is 1. The predicted octanol–water partition coefficient (Wildman–Crippen LogP) is 3.20. The lowest BCUT2D eigenvalue weighted by molar-refractivity contribution is 0.406. The third-order valence-electron chi connectivity index (χ3n) is 4.01. The van der Waals surface area contributed by atoms with E-state index in [-0.39, 0.29) is 0 Å². The maximum Gasteiger partial charge on any atom is 0.197 e. The third-order valence-corrected chi connectivity index (χ3v) is 5.17. The minimum absolute atomic E-state index is 0.309. The van der Waals surface area contributed by atoms with E-state index < -0.39 is 10.8 Å². The minimum Gasteiger partial charge on any atom is -0.496 e. The van der Waals surface area contributed by atoms with Crippen LogP contribution in [0, 0.1) is 20.8 Å². The average molecular weight is 329 g/mol. The Morgan fingerprint density at radius 1 is 1.13 bits per heavy atom. The van der Waals surface area contributed by atoms with Crippen molar-refractivity contribution >= 4 is 21.8 Å². The first-order valence-corrected chi connectivity index (χ1v) is 8.67. The number of aromatic amines is 1. The van der Waals surface area contributed by atoms with E-state index in [4.69, 9.17) is 4.74 Å². The SMILES string of the molecule is COc1c(C)c(C)nc(CS(=O)c2nc3ccccc3[nH]2)c1C. The maximum atomic E-state index is 12.7. The van der Waals surface area contributed by atoms with Gasteiger partial charge >= 0.3 is 0 Å². The highest BCUT2D eigenvalue weighted by Gasteiger charge is 2.17. The van der Waals surface area contributed by atoms with E-state index in [1.165, 1.54) is 0 Å². The van der Waals surface area contributed by atoms with Crippen molar-refractivity contribution < 1.29 is 8.95 Å². The molecule has 0 amide bonds. The molecular weight excluding hydrogens is 310 g/mol. The molecule has 0 bridgehead atoms. The molecule has 0 saturated heterocycles. The van der Waals surface area contributed by atoms with Crippen LogP contribution >= 0.6 is 0 Å². The fourth-order valence-electron chi connectivity index (χ4n) is 2.62. The molecule has 5 nitrogen and oxygen atoms in total. The summed E-state index contributed by atoms with van der Waals surface area (Å²) in [5.74, 6) is 1.12. The lowest BCUT2D eigenvalue weighted by Crippen LogP contribution is -2.07. The van der Waals surface area contributed by atoms with Crippen molar-refractivity contribution in [1.82, 2.24) is 15.0 Å². The molecule has 0 aliphatic carbocycles. The van der Waals surface area contributed by atoms with Crippen LogP contribution in [0.4, 0.5) is 0 Å². The zero-order valence-corrected chi connectivity index (χ0v) is 14.5. The van der Waals surface area contributed by atoms with Crippen LogP contribution in [0.15, 0.2) is 29.4 Å². The molecule has 120 valence electrons. The van der Waals surface area contributed by atoms with Gasteiger partial charge in [-0.2, -0.15) is 0 Å². The summed E-state index contributed by atoms with van der Waals surface area (Å²) in [6.07, 6.45) is 0. The first-order chi connectivity index (χ1) is 11.0. The Labute approximate surface area is 137 Å². The zero-order chi connectivity index (χ0) is 16.6. The molecule has 1 aromatic carbocycles. The van der Waals surface area contributed by atoms with Gasteiger partial charge in [-0.15, -0.1) is 0 Å². The van der Waals surface area contributed by atoms with E-state index in [0.717, 1.165) is 39.3 Å². The topological polar surface area (TPSA) is 67.9 Å². The van der Waals surface area contributed by atoms with Crippen LogP contribution in [0.5, 0.6) is 5.75 Å². The largest absolute Gasteiger partial charge is 0.496 e. The maximum absolute atomic E-state index is 12.7. The van der Waals surface area contributed by atoms with Gasteiger partial charge in [-0.1, -0.05) is 12.1 Å². The summed E-state index contributed by atoms with van der Waals surface area (Å²) >= 11 is 0. The first-order valence-electron chi connectivity index (χ1n) is 7.35. The molecule has 0 saturated carbocycles. The Hall–Kier alpha value is -2.21. The van der Waals surface area contributed by atoms with Gasteiger partial charge in [-0.3, -0.25) is 9.19 Å². The van der Waals surface area contributed by atoms with Crippen molar-refractivity contribution in [2.75, 3.05) is 7.11 Å². The van der Waals surface area contributed by atoms with E-state index in [1.807, 2.05) is 45.0 Å². The molecule has 6 heteroatoms. The van der Waals surface area contributed by atoms with Crippen molar-refractivity contribution in [2.45, 2.75) is 31.7 Å². The number of aryl methyl sites for hydroxylation is 1. The third kappa shape index (κ3) is 2.86. The van der Waals surface area contributed by atoms with Crippen LogP contribution in [-0.2, 0) is 16.6 Å². The predicted molar refractivity (Wildman–Crippen MR) is 91.2 cm³/mol. The number of para-hydroxylation sites is 2. The summed E-state index contributed by atoms with van der Waals surface area (Å²) in [5, 5.41) is 0.476. The van der Waals surface area contributed by atoms with Gasteiger partial charge in [-0.25, -0.2) is 4.98 Å². The Bertz CT molecular complexity index is 869. The standard InChI is InChI=1S/C17H19N3O2S/c1-10-12(3)18-15(11(2)16(10)22-4)9-23(21)17-19-13-7-5-6-8-14(13)20-17/h5-8H,9H2,1-4H3,(H,19,20). The van der Waals surface area contributed by atoms with Crippen molar-refractivity contribution in [3.8, 4) is 5.75 Å². The number of imidazole rings is 1. The quantitative estimate of drug-likeness (QED) is 0.798. The van der Waals surface area contributed by atoms with Crippen molar-refractivity contribution in [3.63, 3.8) is 0 Å². The molecule has 1 unspecified atom stereocenters. The lowest BCUT2D eigenvalue weighted by Gasteiger charge is -2.14. The molecular formula is C17H19N3O2S. The second kappa shape index (κ2) is 6.12. The second-order valence-electron chi connectivity index (χ2n) is 5.48. The van der Waals surface area contributed by atoms with E-state index in [9.17, 15) is 4.21 Å². The van der Waals surface area contributed by atoms with E-state index >= 15 is 0 Å². The van der Waals surface area contributed by atoms with Crippen LogP contribution in [0.2, 0.25) is 0 Å². The average Bonchev–Trinajstić information content (AvgIpc) is 2.97. The molecule has 0 fully saturated rings. The highest BCUT2D eigenvalue weighted by Crippen LogP contribution is 2.28. The number of pyridine rings is 1. The van der Waals surface area contributed by atoms with Gasteiger partial charge in [-0.05, 0) is 32.9 Å². The number of nitrogens with one attached hydrogen (secondary N) is 1. The fourth-order valence-corrected chi connectivity index (χ4v) is 3.71. The Kier molecular flexibility index (Phi) is 4.17. The van der Waals surface area contributed by atoms with Gasteiger partial charge in [0.15, 0.2) is 5.16 Å². The number of hydrogen-bond donors (Lipinski definition) is 1. The van der Waals surface area contributed by atoms with Gasteiger partial charge < -0.3 is 9.72 Å². The molecule has 3 rings (SSSR count). The highest BCUT2D eigenvalue weighted by molar-refractivity contribution is 7.84. The Balaban J connectivity index is 1.95. The van der Waals surface area contributed by atoms with Gasteiger partial charge in [0.05, 0.1) is 40.4 Å². The zero-order valence-electron chi connectivity index (χ0n) is 13.6. The van der Waals surface area contributed by atoms with E-state index in [1.54, 1.807) is 7.11 Å². The van der Waals surface area contributed by atoms with Gasteiger partial charge in [0.1, 0.15) is 5.75 Å². The molecule has 0 radical (unpaired) electrons. The molecule has 1 N–H and O–H groups in total. The van der Waals surface area contributed by atoms with Gasteiger partial charge in [0, 0.05) is 16.8 Å². The Morgan fingerprint density at radius 3 is 2.57 bits per heavy atom. The normalized spacial score (nSPS) is 12.5. The first kappa shape index (κ1) is 15.7. The van der Waals surface area contributed by atoms with E-state index in [2.05, 4.69) is 15.0 Å². The van der Waals surface area contributed by atoms with Crippen LogP contribution in [0.1, 0.15) is 22.5 Å². The molecule has 0 aliphatic rings. The molecule has 0 aliphatic heterocycles. The second-order valence-corrected chi connectivity index (χ2v) is 6.84. The number of hydrogen-bond acceptors (Lipinski definition) is 4. The molecule has 2 aromatic heterocycles. The van der Waals surface area contributed by atoms with Gasteiger partial charge in [0.2, 0.25) is 0 Å². The number of fused-ring (bicyclic) bond motifs is 1. The number of ether oxygens (including phenoxy) is 1. The van der Waals surface area contributed by atoms with Crippen LogP contribution in [-0.4, -0.2) is 26.3 Å². The number of rotatable bonds is 4. The van der Waals surface area contributed by atoms with Crippen molar-refractivity contribution in [1.29, 1.82) is 0 Å². The van der Waals surface area contributed by atoms with Gasteiger partial charge in [0.25, 0.3) is 0 Å². The molecule has 3 aromatic rings. The van der Waals surface area contributed by atoms with E-state index in [0.29, 0.717) is 10.9 Å². The molecule has 2 heterocycles. The smallest absolute Gasteiger partial charge is 0.197 e. The fraction of sp³-hybridized carbons (Fsp3) is 0.294. The highest BCUT2D eigenvalue weighted by atomic mass is 32.2. The number of methoxy groups -OCH3 is 1. The number of H-pyrrole nitrogens is 1. The summed E-state index contributed by atoms with van der Waals surface area (Å²) in [7, 11) is 0.360. The summed E-state index contributed by atoms with van der Waals surface area (Å²) in [5.41, 5.74) is 5.33. The minimum atomic E-state index is -1.29. The summed E-state index contributed by atoms with van der Waals surface area (Å²) < 4.78 is 18.1. The van der Waals surface area contributed by atoms with Crippen LogP contribution in [0.3, 0.4) is 0 Å². The van der Waals surface area contributed by atoms with Crippen LogP contribution in [0.25, 0.3) is 11.0 Å². The number of aromatic nitrogens is 3. The van der Waals surface area contributed by atoms with Crippen molar-refractivity contribution in [2.24, 2.45) is 0 Å². The number of nitrogens with zero attached hydrogens (tertiary/aromatic N) is 2. The monoisotopic (exact) mass is 329 g/mol. The lowest BCUT2D eigenvalue weighted by atomic mass is 10.1. The molecule has 0 spiro atoms. The summed E-state index contributed by atoms with van der Waals surface area (Å²) in [6.45, 7) is 5.86. The summed E-state index contributed by atoms with van der Waals surface area (Å²) in [4.78, 5) is 12.1. The molecule has 1 atom stereocenters. The van der Waals surface area contributed by atoms with Crippen LogP contribution < -0.4 is 4.74 Å².